The quantitative estimate of drug-likeness (QED) is 0.692. The standard InChI is InChI=1S/C18H15ClN2O2S/c1-18(10-22-9-16(24)21-18)12-4-2-3-11(7-12)17-20-14-6-5-13(19)8-15(14)23-17/h2-8H,9-10H2,1H3,(H,21,24). The lowest BCUT2D eigenvalue weighted by atomic mass is 9.90. The first-order chi connectivity index (χ1) is 11.5. The molecule has 0 saturated carbocycles. The summed E-state index contributed by atoms with van der Waals surface area (Å²) in [7, 11) is 0. The lowest BCUT2D eigenvalue weighted by molar-refractivity contribution is 0.0875. The zero-order valence-electron chi connectivity index (χ0n) is 13.0. The van der Waals surface area contributed by atoms with Crippen molar-refractivity contribution in [3.05, 3.63) is 53.1 Å². The van der Waals surface area contributed by atoms with E-state index in [-0.39, 0.29) is 5.54 Å². The maximum Gasteiger partial charge on any atom is 0.227 e. The number of benzene rings is 2. The zero-order chi connectivity index (χ0) is 16.7. The van der Waals surface area contributed by atoms with Gasteiger partial charge in [-0.15, -0.1) is 0 Å². The average molecular weight is 359 g/mol. The van der Waals surface area contributed by atoms with Crippen LogP contribution in [0, 0.1) is 0 Å². The van der Waals surface area contributed by atoms with E-state index >= 15 is 0 Å². The van der Waals surface area contributed by atoms with Crippen LogP contribution in [0.5, 0.6) is 0 Å². The molecule has 0 radical (unpaired) electrons. The first kappa shape index (κ1) is 15.6. The first-order valence-electron chi connectivity index (χ1n) is 7.59. The summed E-state index contributed by atoms with van der Waals surface area (Å²) in [5.41, 5.74) is 3.07. The number of nitrogens with one attached hydrogen (secondary N) is 1. The molecule has 0 aliphatic carbocycles. The summed E-state index contributed by atoms with van der Waals surface area (Å²) in [6.07, 6.45) is 0. The van der Waals surface area contributed by atoms with Gasteiger partial charge in [0.1, 0.15) is 10.5 Å². The number of nitrogens with zero attached hydrogens (tertiary/aromatic N) is 1. The van der Waals surface area contributed by atoms with Gasteiger partial charge in [0.05, 0.1) is 18.8 Å². The summed E-state index contributed by atoms with van der Waals surface area (Å²) in [6.45, 7) is 3.10. The van der Waals surface area contributed by atoms with Crippen LogP contribution < -0.4 is 5.32 Å². The zero-order valence-corrected chi connectivity index (χ0v) is 14.6. The van der Waals surface area contributed by atoms with Crippen LogP contribution in [-0.4, -0.2) is 23.2 Å². The van der Waals surface area contributed by atoms with Crippen molar-refractivity contribution in [3.63, 3.8) is 0 Å². The number of aromatic nitrogens is 1. The third kappa shape index (κ3) is 2.79. The number of hydrogen-bond acceptors (Lipinski definition) is 4. The van der Waals surface area contributed by atoms with Gasteiger partial charge in [0, 0.05) is 16.7 Å². The number of thiocarbonyl (C=S) groups is 1. The normalized spacial score (nSPS) is 21.0. The Morgan fingerprint density at radius 2 is 2.12 bits per heavy atom. The third-order valence-electron chi connectivity index (χ3n) is 4.14. The van der Waals surface area contributed by atoms with Crippen molar-refractivity contribution in [1.82, 2.24) is 10.3 Å². The Hall–Kier alpha value is -1.95. The van der Waals surface area contributed by atoms with Gasteiger partial charge in [-0.3, -0.25) is 0 Å². The van der Waals surface area contributed by atoms with Crippen molar-refractivity contribution in [2.24, 2.45) is 0 Å². The topological polar surface area (TPSA) is 47.3 Å². The molecule has 4 rings (SSSR count). The predicted octanol–water partition coefficient (Wildman–Crippen LogP) is 4.31. The molecule has 1 aliphatic heterocycles. The molecule has 1 atom stereocenters. The minimum absolute atomic E-state index is 0.360. The van der Waals surface area contributed by atoms with Crippen molar-refractivity contribution in [1.29, 1.82) is 0 Å². The SMILES string of the molecule is CC1(c2cccc(-c3nc4ccc(Cl)cc4o3)c2)COCC(=S)N1. The Morgan fingerprint density at radius 3 is 2.96 bits per heavy atom. The van der Waals surface area contributed by atoms with Crippen molar-refractivity contribution in [3.8, 4) is 11.5 Å². The molecule has 2 aromatic carbocycles. The summed E-state index contributed by atoms with van der Waals surface area (Å²) >= 11 is 11.3. The minimum atomic E-state index is -0.360. The molecule has 1 N–H and O–H groups in total. The highest BCUT2D eigenvalue weighted by atomic mass is 35.5. The maximum atomic E-state index is 6.01. The van der Waals surface area contributed by atoms with Crippen LogP contribution in [0.3, 0.4) is 0 Å². The van der Waals surface area contributed by atoms with Crippen molar-refractivity contribution >= 4 is 39.9 Å². The Bertz CT molecular complexity index is 940. The predicted molar refractivity (Wildman–Crippen MR) is 98.4 cm³/mol. The van der Waals surface area contributed by atoms with Gasteiger partial charge in [0.25, 0.3) is 0 Å². The second-order valence-electron chi connectivity index (χ2n) is 6.08. The van der Waals surface area contributed by atoms with Crippen LogP contribution in [0.4, 0.5) is 0 Å². The van der Waals surface area contributed by atoms with Crippen LogP contribution in [0.1, 0.15) is 12.5 Å². The summed E-state index contributed by atoms with van der Waals surface area (Å²) in [5, 5.41) is 3.99. The summed E-state index contributed by atoms with van der Waals surface area (Å²) in [4.78, 5) is 5.26. The fourth-order valence-electron chi connectivity index (χ4n) is 2.90. The molecule has 0 amide bonds. The third-order valence-corrected chi connectivity index (χ3v) is 4.59. The molecule has 3 aromatic rings. The highest BCUT2D eigenvalue weighted by Gasteiger charge is 2.31. The molecule has 1 fully saturated rings. The minimum Gasteiger partial charge on any atom is -0.436 e. The molecule has 1 aromatic heterocycles. The molecule has 1 unspecified atom stereocenters. The van der Waals surface area contributed by atoms with Crippen molar-refractivity contribution in [2.75, 3.05) is 13.2 Å². The molecule has 122 valence electrons. The van der Waals surface area contributed by atoms with E-state index in [0.29, 0.717) is 34.7 Å². The summed E-state index contributed by atoms with van der Waals surface area (Å²) in [6, 6.07) is 13.5. The van der Waals surface area contributed by atoms with Gasteiger partial charge in [-0.1, -0.05) is 36.0 Å². The number of morpholine rings is 1. The number of hydrogen-bond donors (Lipinski definition) is 1. The molecule has 0 spiro atoms. The van der Waals surface area contributed by atoms with Crippen molar-refractivity contribution < 1.29 is 9.15 Å². The van der Waals surface area contributed by atoms with Gasteiger partial charge in [-0.25, -0.2) is 4.98 Å². The highest BCUT2D eigenvalue weighted by Crippen LogP contribution is 2.30. The highest BCUT2D eigenvalue weighted by molar-refractivity contribution is 7.80. The van der Waals surface area contributed by atoms with E-state index < -0.39 is 0 Å². The van der Waals surface area contributed by atoms with E-state index in [2.05, 4.69) is 23.3 Å². The van der Waals surface area contributed by atoms with Gasteiger partial charge < -0.3 is 14.5 Å². The molecule has 1 saturated heterocycles. The lowest BCUT2D eigenvalue weighted by Crippen LogP contribution is -2.52. The van der Waals surface area contributed by atoms with Gasteiger partial charge >= 0.3 is 0 Å². The van der Waals surface area contributed by atoms with E-state index in [4.69, 9.17) is 33.0 Å². The van der Waals surface area contributed by atoms with Crippen LogP contribution >= 0.6 is 23.8 Å². The van der Waals surface area contributed by atoms with Crippen LogP contribution in [0.2, 0.25) is 5.02 Å². The van der Waals surface area contributed by atoms with Crippen LogP contribution in [-0.2, 0) is 10.3 Å². The largest absolute Gasteiger partial charge is 0.436 e. The molecule has 6 heteroatoms. The number of ether oxygens (including phenoxy) is 1. The van der Waals surface area contributed by atoms with E-state index in [1.807, 2.05) is 24.3 Å². The van der Waals surface area contributed by atoms with E-state index in [1.54, 1.807) is 12.1 Å². The molecular formula is C18H15ClN2O2S. The molecular weight excluding hydrogens is 344 g/mol. The second-order valence-corrected chi connectivity index (χ2v) is 7.01. The summed E-state index contributed by atoms with van der Waals surface area (Å²) < 4.78 is 11.5. The Balaban J connectivity index is 1.75. The number of oxazole rings is 1. The molecule has 1 aliphatic rings. The first-order valence-corrected chi connectivity index (χ1v) is 8.38. The van der Waals surface area contributed by atoms with Gasteiger partial charge in [-0.05, 0) is 36.8 Å². The van der Waals surface area contributed by atoms with Gasteiger partial charge in [-0.2, -0.15) is 0 Å². The Morgan fingerprint density at radius 1 is 1.25 bits per heavy atom. The number of fused-ring (bicyclic) bond motifs is 1. The second kappa shape index (κ2) is 5.84. The smallest absolute Gasteiger partial charge is 0.227 e. The maximum absolute atomic E-state index is 6.01. The van der Waals surface area contributed by atoms with E-state index in [1.165, 1.54) is 0 Å². The molecule has 2 heterocycles. The lowest BCUT2D eigenvalue weighted by Gasteiger charge is -2.36. The fraction of sp³-hybridized carbons (Fsp3) is 0.222. The monoisotopic (exact) mass is 358 g/mol. The van der Waals surface area contributed by atoms with Gasteiger partial charge in [0.15, 0.2) is 5.58 Å². The average Bonchev–Trinajstić information content (AvgIpc) is 2.98. The number of halogens is 1. The number of rotatable bonds is 2. The molecule has 24 heavy (non-hydrogen) atoms. The Kier molecular flexibility index (Phi) is 3.79. The van der Waals surface area contributed by atoms with E-state index in [0.717, 1.165) is 16.6 Å². The van der Waals surface area contributed by atoms with Crippen molar-refractivity contribution in [2.45, 2.75) is 12.5 Å². The Labute approximate surface area is 149 Å². The van der Waals surface area contributed by atoms with Crippen LogP contribution in [0.15, 0.2) is 46.9 Å². The van der Waals surface area contributed by atoms with Gasteiger partial charge in [0.2, 0.25) is 5.89 Å². The summed E-state index contributed by atoms with van der Waals surface area (Å²) in [5.74, 6) is 0.567. The fourth-order valence-corrected chi connectivity index (χ4v) is 3.37. The molecule has 4 nitrogen and oxygen atoms in total. The molecule has 0 bridgehead atoms. The van der Waals surface area contributed by atoms with E-state index in [9.17, 15) is 0 Å². The van der Waals surface area contributed by atoms with Crippen LogP contribution in [0.25, 0.3) is 22.6 Å².